The van der Waals surface area contributed by atoms with Crippen LogP contribution in [0.15, 0.2) is 0 Å². The van der Waals surface area contributed by atoms with Crippen molar-refractivity contribution in [2.24, 2.45) is 5.73 Å². The molecular weight excluding hydrogens is 204 g/mol. The van der Waals surface area contributed by atoms with Crippen molar-refractivity contribution in [1.29, 1.82) is 0 Å². The third-order valence-electron chi connectivity index (χ3n) is 3.43. The molecular formula is C12H24N2O2. The van der Waals surface area contributed by atoms with Gasteiger partial charge < -0.3 is 10.5 Å². The molecule has 0 spiro atoms. The molecule has 1 atom stereocenters. The lowest BCUT2D eigenvalue weighted by Crippen LogP contribution is -2.47. The van der Waals surface area contributed by atoms with Gasteiger partial charge in [0.05, 0.1) is 7.11 Å². The number of nitrogens with zero attached hydrogens (tertiary/aromatic N) is 1. The summed E-state index contributed by atoms with van der Waals surface area (Å²) in [4.78, 5) is 13.6. The van der Waals surface area contributed by atoms with Gasteiger partial charge >= 0.3 is 5.97 Å². The summed E-state index contributed by atoms with van der Waals surface area (Å²) in [5, 5.41) is 0. The van der Waals surface area contributed by atoms with E-state index in [0.717, 1.165) is 6.54 Å². The summed E-state index contributed by atoms with van der Waals surface area (Å²) in [6.45, 7) is 3.70. The van der Waals surface area contributed by atoms with E-state index in [1.54, 1.807) is 0 Å². The second-order valence-corrected chi connectivity index (χ2v) is 4.51. The largest absolute Gasteiger partial charge is 0.468 e. The Hall–Kier alpha value is -0.610. The van der Waals surface area contributed by atoms with Crippen LogP contribution in [0.5, 0.6) is 0 Å². The molecule has 0 aromatic carbocycles. The highest BCUT2D eigenvalue weighted by molar-refractivity contribution is 5.75. The van der Waals surface area contributed by atoms with Crippen LogP contribution in [0.3, 0.4) is 0 Å². The zero-order chi connectivity index (χ0) is 12.0. The predicted octanol–water partition coefficient (Wildman–Crippen LogP) is 1.14. The lowest BCUT2D eigenvalue weighted by atomic mass is 9.94. The van der Waals surface area contributed by atoms with Crippen LogP contribution in [-0.4, -0.2) is 43.2 Å². The van der Waals surface area contributed by atoms with E-state index in [2.05, 4.69) is 16.6 Å². The highest BCUT2D eigenvalue weighted by atomic mass is 16.5. The minimum absolute atomic E-state index is 0.311. The highest BCUT2D eigenvalue weighted by Crippen LogP contribution is 2.22. The number of carbonyl (C=O) groups is 1. The second-order valence-electron chi connectivity index (χ2n) is 4.51. The first-order valence-corrected chi connectivity index (χ1v) is 6.26. The van der Waals surface area contributed by atoms with Gasteiger partial charge in [-0.15, -0.1) is 0 Å². The molecule has 16 heavy (non-hydrogen) atoms. The average molecular weight is 228 g/mol. The van der Waals surface area contributed by atoms with Crippen LogP contribution in [0.1, 0.15) is 39.0 Å². The molecule has 0 amide bonds. The summed E-state index contributed by atoms with van der Waals surface area (Å²) in [7, 11) is 1.39. The summed E-state index contributed by atoms with van der Waals surface area (Å²) in [6, 6.07) is 0.0985. The minimum atomic E-state index is -0.508. The molecule has 0 heterocycles. The number of hydrogen-bond donors (Lipinski definition) is 1. The van der Waals surface area contributed by atoms with Crippen LogP contribution >= 0.6 is 0 Å². The van der Waals surface area contributed by atoms with Crippen molar-refractivity contribution in [1.82, 2.24) is 4.90 Å². The van der Waals surface area contributed by atoms with E-state index >= 15 is 0 Å². The first-order chi connectivity index (χ1) is 7.69. The molecule has 1 saturated carbocycles. The van der Waals surface area contributed by atoms with Crippen molar-refractivity contribution in [2.75, 3.05) is 20.2 Å². The molecule has 0 radical (unpaired) electrons. The maximum atomic E-state index is 11.3. The monoisotopic (exact) mass is 228 g/mol. The number of methoxy groups -OCH3 is 1. The van der Waals surface area contributed by atoms with E-state index in [1.807, 2.05) is 0 Å². The molecule has 4 heteroatoms. The van der Waals surface area contributed by atoms with Crippen molar-refractivity contribution in [3.63, 3.8) is 0 Å². The molecule has 0 saturated heterocycles. The Morgan fingerprint density at radius 1 is 1.44 bits per heavy atom. The Morgan fingerprint density at radius 2 is 2.06 bits per heavy atom. The number of rotatable bonds is 5. The maximum Gasteiger partial charge on any atom is 0.323 e. The van der Waals surface area contributed by atoms with Gasteiger partial charge in [-0.3, -0.25) is 9.69 Å². The number of ether oxygens (including phenoxy) is 1. The Bertz CT molecular complexity index is 215. The number of carbonyl (C=O) groups excluding carboxylic acids is 1. The van der Waals surface area contributed by atoms with Crippen LogP contribution in [0.2, 0.25) is 0 Å². The first-order valence-electron chi connectivity index (χ1n) is 6.26. The fraction of sp³-hybridized carbons (Fsp3) is 0.917. The smallest absolute Gasteiger partial charge is 0.323 e. The number of hydrogen-bond acceptors (Lipinski definition) is 4. The summed E-state index contributed by atoms with van der Waals surface area (Å²) in [5.41, 5.74) is 5.79. The van der Waals surface area contributed by atoms with Gasteiger partial charge in [0.1, 0.15) is 6.04 Å². The Kier molecular flexibility index (Phi) is 5.77. The molecule has 1 unspecified atom stereocenters. The molecule has 0 aliphatic heterocycles. The van der Waals surface area contributed by atoms with E-state index < -0.39 is 6.04 Å². The van der Waals surface area contributed by atoms with Gasteiger partial charge in [0, 0.05) is 12.6 Å². The lowest BCUT2D eigenvalue weighted by molar-refractivity contribution is -0.142. The van der Waals surface area contributed by atoms with Gasteiger partial charge in [0.2, 0.25) is 0 Å². The van der Waals surface area contributed by atoms with E-state index in [1.165, 1.54) is 39.2 Å². The molecule has 1 fully saturated rings. The molecule has 0 aromatic rings. The fourth-order valence-electron chi connectivity index (χ4n) is 2.46. The third kappa shape index (κ3) is 3.76. The molecule has 1 aliphatic carbocycles. The van der Waals surface area contributed by atoms with Crippen LogP contribution in [0, 0.1) is 0 Å². The lowest BCUT2D eigenvalue weighted by Gasteiger charge is -2.34. The summed E-state index contributed by atoms with van der Waals surface area (Å²) in [6.07, 6.45) is 6.42. The van der Waals surface area contributed by atoms with E-state index in [-0.39, 0.29) is 5.97 Å². The standard InChI is InChI=1S/C12H24N2O2/c1-3-14(9-11(13)12(15)16-2)10-7-5-4-6-8-10/h10-11H,3-9,13H2,1-2H3. The molecule has 1 aliphatic rings. The van der Waals surface area contributed by atoms with Gasteiger partial charge in [-0.05, 0) is 19.4 Å². The van der Waals surface area contributed by atoms with Crippen molar-refractivity contribution in [3.8, 4) is 0 Å². The number of nitrogens with two attached hydrogens (primary N) is 1. The normalized spacial score (nSPS) is 19.8. The Labute approximate surface area is 98.1 Å². The zero-order valence-corrected chi connectivity index (χ0v) is 10.4. The summed E-state index contributed by atoms with van der Waals surface area (Å²) >= 11 is 0. The van der Waals surface area contributed by atoms with Crippen LogP contribution in [0.4, 0.5) is 0 Å². The fourth-order valence-corrected chi connectivity index (χ4v) is 2.46. The molecule has 2 N–H and O–H groups in total. The molecule has 0 bridgehead atoms. The zero-order valence-electron chi connectivity index (χ0n) is 10.4. The van der Waals surface area contributed by atoms with Gasteiger partial charge in [0.25, 0.3) is 0 Å². The van der Waals surface area contributed by atoms with E-state index in [4.69, 9.17) is 5.73 Å². The van der Waals surface area contributed by atoms with Gasteiger partial charge in [-0.2, -0.15) is 0 Å². The summed E-state index contributed by atoms with van der Waals surface area (Å²) in [5.74, 6) is -0.311. The van der Waals surface area contributed by atoms with Crippen LogP contribution < -0.4 is 5.73 Å². The van der Waals surface area contributed by atoms with Crippen molar-refractivity contribution < 1.29 is 9.53 Å². The number of esters is 1. The molecule has 94 valence electrons. The van der Waals surface area contributed by atoms with Gasteiger partial charge in [-0.1, -0.05) is 26.2 Å². The third-order valence-corrected chi connectivity index (χ3v) is 3.43. The molecule has 0 aromatic heterocycles. The Balaban J connectivity index is 2.43. The summed E-state index contributed by atoms with van der Waals surface area (Å²) < 4.78 is 4.65. The predicted molar refractivity (Wildman–Crippen MR) is 64.1 cm³/mol. The van der Waals surface area contributed by atoms with E-state index in [9.17, 15) is 4.79 Å². The second kappa shape index (κ2) is 6.86. The topological polar surface area (TPSA) is 55.6 Å². The van der Waals surface area contributed by atoms with Crippen molar-refractivity contribution in [2.45, 2.75) is 51.1 Å². The first kappa shape index (κ1) is 13.5. The van der Waals surface area contributed by atoms with E-state index in [0.29, 0.717) is 12.6 Å². The maximum absolute atomic E-state index is 11.3. The highest BCUT2D eigenvalue weighted by Gasteiger charge is 2.24. The quantitative estimate of drug-likeness (QED) is 0.717. The minimum Gasteiger partial charge on any atom is -0.468 e. The van der Waals surface area contributed by atoms with Crippen molar-refractivity contribution >= 4 is 5.97 Å². The average Bonchev–Trinajstić information content (AvgIpc) is 2.35. The SMILES string of the molecule is CCN(CC(N)C(=O)OC)C1CCCCC1. The molecule has 4 nitrogen and oxygen atoms in total. The van der Waals surface area contributed by atoms with Gasteiger partial charge in [0.15, 0.2) is 0 Å². The Morgan fingerprint density at radius 3 is 2.56 bits per heavy atom. The van der Waals surface area contributed by atoms with Crippen LogP contribution in [-0.2, 0) is 9.53 Å². The number of likely N-dealkylation sites (N-methyl/N-ethyl adjacent to an activating group) is 1. The molecule has 1 rings (SSSR count). The van der Waals surface area contributed by atoms with Gasteiger partial charge in [-0.25, -0.2) is 0 Å². The van der Waals surface area contributed by atoms with Crippen molar-refractivity contribution in [3.05, 3.63) is 0 Å². The van der Waals surface area contributed by atoms with Crippen LogP contribution in [0.25, 0.3) is 0 Å².